The molecule has 0 fully saturated rings. The summed E-state index contributed by atoms with van der Waals surface area (Å²) in [7, 11) is -4.20. The van der Waals surface area contributed by atoms with Crippen LogP contribution in [0.3, 0.4) is 0 Å². The average Bonchev–Trinajstić information content (AvgIpc) is 2.92. The Kier molecular flexibility index (Phi) is 9.56. The van der Waals surface area contributed by atoms with E-state index < -0.39 is 9.05 Å². The highest BCUT2D eigenvalue weighted by Crippen LogP contribution is 2.40. The summed E-state index contributed by atoms with van der Waals surface area (Å²) in [5, 5.41) is 0. The highest BCUT2D eigenvalue weighted by atomic mass is 28.4. The van der Waals surface area contributed by atoms with Crippen molar-refractivity contribution in [3.05, 3.63) is 119 Å². The molecular weight excluding hydrogens is 573 g/mol. The van der Waals surface area contributed by atoms with Gasteiger partial charge in [0.25, 0.3) is 0 Å². The second-order valence-electron chi connectivity index (χ2n) is 15.9. The summed E-state index contributed by atoms with van der Waals surface area (Å²) in [4.78, 5) is 0. The fourth-order valence-electron chi connectivity index (χ4n) is 5.36. The van der Waals surface area contributed by atoms with Crippen molar-refractivity contribution in [2.45, 2.75) is 105 Å². The van der Waals surface area contributed by atoms with Gasteiger partial charge in [0.2, 0.25) is 0 Å². The van der Waals surface area contributed by atoms with Crippen LogP contribution in [-0.4, -0.2) is 9.05 Å². The first-order chi connectivity index (χ1) is 20.8. The molecule has 5 heteroatoms. The molecule has 0 aromatic heterocycles. The zero-order valence-corrected chi connectivity index (χ0v) is 30.4. The normalized spacial score (nSPS) is 12.9. The van der Waals surface area contributed by atoms with Gasteiger partial charge in [0, 0.05) is 0 Å². The molecule has 240 valence electrons. The van der Waals surface area contributed by atoms with E-state index in [0.29, 0.717) is 23.0 Å². The third-order valence-corrected chi connectivity index (χ3v) is 9.60. The van der Waals surface area contributed by atoms with Gasteiger partial charge >= 0.3 is 9.05 Å². The highest BCUT2D eigenvalue weighted by Gasteiger charge is 2.60. The molecule has 0 saturated carbocycles. The van der Waals surface area contributed by atoms with E-state index in [9.17, 15) is 0 Å². The van der Waals surface area contributed by atoms with Crippen LogP contribution in [-0.2, 0) is 21.7 Å². The highest BCUT2D eigenvalue weighted by molar-refractivity contribution is 6.57. The van der Waals surface area contributed by atoms with Crippen LogP contribution in [0, 0.1) is 0 Å². The van der Waals surface area contributed by atoms with Gasteiger partial charge in [0.15, 0.2) is 0 Å². The van der Waals surface area contributed by atoms with Crippen LogP contribution < -0.4 is 17.7 Å². The number of para-hydroxylation sites is 4. The SMILES string of the molecule is CC(C)(C)c1ccccc1O[Si](Oc1ccccc1C(C)(C)C)(Oc1ccccc1C(C)(C)C)Oc1ccccc1C(C)(C)C. The quantitative estimate of drug-likeness (QED) is 0.183. The first-order valence-electron chi connectivity index (χ1n) is 15.9. The molecule has 0 amide bonds. The van der Waals surface area contributed by atoms with Gasteiger partial charge in [-0.1, -0.05) is 156 Å². The molecule has 0 saturated heterocycles. The Bertz CT molecular complexity index is 1350. The van der Waals surface area contributed by atoms with Crippen molar-refractivity contribution in [2.24, 2.45) is 0 Å². The van der Waals surface area contributed by atoms with Gasteiger partial charge in [-0.15, -0.1) is 0 Å². The van der Waals surface area contributed by atoms with Crippen molar-refractivity contribution in [1.29, 1.82) is 0 Å². The second-order valence-corrected chi connectivity index (χ2v) is 17.7. The minimum Gasteiger partial charge on any atom is -0.452 e. The molecule has 0 spiro atoms. The lowest BCUT2D eigenvalue weighted by Gasteiger charge is -2.35. The van der Waals surface area contributed by atoms with Gasteiger partial charge in [-0.05, 0) is 68.2 Å². The van der Waals surface area contributed by atoms with E-state index in [0.717, 1.165) is 22.3 Å². The summed E-state index contributed by atoms with van der Waals surface area (Å²) in [6.45, 7) is 26.2. The van der Waals surface area contributed by atoms with Crippen LogP contribution in [0.5, 0.6) is 23.0 Å². The maximum Gasteiger partial charge on any atom is 0.966 e. The minimum absolute atomic E-state index is 0.202. The number of hydrogen-bond donors (Lipinski definition) is 0. The Balaban J connectivity index is 2.05. The molecule has 0 radical (unpaired) electrons. The largest absolute Gasteiger partial charge is 0.966 e. The summed E-state index contributed by atoms with van der Waals surface area (Å²) in [6.07, 6.45) is 0. The predicted octanol–water partition coefficient (Wildman–Crippen LogP) is 10.9. The van der Waals surface area contributed by atoms with Gasteiger partial charge in [0.1, 0.15) is 23.0 Å². The molecule has 0 bridgehead atoms. The van der Waals surface area contributed by atoms with E-state index in [1.165, 1.54) is 0 Å². The van der Waals surface area contributed by atoms with Crippen molar-refractivity contribution < 1.29 is 17.7 Å². The van der Waals surface area contributed by atoms with Crippen LogP contribution in [0.4, 0.5) is 0 Å². The summed E-state index contributed by atoms with van der Waals surface area (Å²) in [5.74, 6) is 2.69. The molecule has 4 nitrogen and oxygen atoms in total. The second kappa shape index (κ2) is 12.6. The maximum absolute atomic E-state index is 7.15. The molecular formula is C40H52O4Si. The van der Waals surface area contributed by atoms with Gasteiger partial charge < -0.3 is 17.7 Å². The molecule has 4 aromatic carbocycles. The van der Waals surface area contributed by atoms with E-state index in [1.54, 1.807) is 0 Å². The first-order valence-corrected chi connectivity index (χ1v) is 17.6. The summed E-state index contributed by atoms with van der Waals surface area (Å²) < 4.78 is 28.6. The molecule has 0 unspecified atom stereocenters. The fourth-order valence-corrected chi connectivity index (χ4v) is 7.40. The van der Waals surface area contributed by atoms with E-state index in [2.05, 4.69) is 107 Å². The Morgan fingerprint density at radius 1 is 0.311 bits per heavy atom. The molecule has 4 aromatic rings. The molecule has 4 rings (SSSR count). The van der Waals surface area contributed by atoms with Crippen molar-refractivity contribution in [3.63, 3.8) is 0 Å². The van der Waals surface area contributed by atoms with Crippen LogP contribution in [0.15, 0.2) is 97.1 Å². The molecule has 0 aliphatic heterocycles. The summed E-state index contributed by atoms with van der Waals surface area (Å²) in [6, 6.07) is 32.4. The molecule has 0 atom stereocenters. The van der Waals surface area contributed by atoms with Gasteiger partial charge in [0.05, 0.1) is 0 Å². The standard InChI is InChI=1S/C40H52O4Si/c1-37(2,3)29-21-13-17-25-33(29)41-45(42-34-26-18-14-22-30(34)38(4,5)6,43-35-27-19-15-23-31(35)39(7,8)9)44-36-28-20-16-24-32(36)40(10,11)12/h13-28H,1-12H3. The number of rotatable bonds is 8. The lowest BCUT2D eigenvalue weighted by atomic mass is 9.86. The molecule has 0 aliphatic carbocycles. The van der Waals surface area contributed by atoms with E-state index >= 15 is 0 Å². The van der Waals surface area contributed by atoms with E-state index in [1.807, 2.05) is 72.8 Å². The maximum atomic E-state index is 7.15. The van der Waals surface area contributed by atoms with Crippen LogP contribution >= 0.6 is 0 Å². The van der Waals surface area contributed by atoms with E-state index in [-0.39, 0.29) is 21.7 Å². The van der Waals surface area contributed by atoms with Gasteiger partial charge in [-0.2, -0.15) is 0 Å². The van der Waals surface area contributed by atoms with Crippen molar-refractivity contribution in [3.8, 4) is 23.0 Å². The Morgan fingerprint density at radius 3 is 0.667 bits per heavy atom. The lowest BCUT2D eigenvalue weighted by molar-refractivity contribution is 0.155. The summed E-state index contributed by atoms with van der Waals surface area (Å²) in [5.41, 5.74) is 3.34. The molecule has 0 N–H and O–H groups in total. The number of benzene rings is 4. The monoisotopic (exact) mass is 624 g/mol. The molecule has 45 heavy (non-hydrogen) atoms. The topological polar surface area (TPSA) is 36.9 Å². The van der Waals surface area contributed by atoms with Crippen LogP contribution in [0.2, 0.25) is 0 Å². The number of hydrogen-bond acceptors (Lipinski definition) is 4. The molecule has 0 heterocycles. The smallest absolute Gasteiger partial charge is 0.452 e. The van der Waals surface area contributed by atoms with Crippen LogP contribution in [0.25, 0.3) is 0 Å². The fraction of sp³-hybridized carbons (Fsp3) is 0.400. The first kappa shape index (κ1) is 34.2. The predicted molar refractivity (Wildman–Crippen MR) is 189 cm³/mol. The van der Waals surface area contributed by atoms with Crippen LogP contribution in [0.1, 0.15) is 105 Å². The third kappa shape index (κ3) is 8.32. The third-order valence-electron chi connectivity index (χ3n) is 7.72. The Morgan fingerprint density at radius 2 is 0.489 bits per heavy atom. The average molecular weight is 625 g/mol. The zero-order chi connectivity index (χ0) is 33.3. The Hall–Kier alpha value is -3.70. The molecule has 0 aliphatic rings. The van der Waals surface area contributed by atoms with Crippen molar-refractivity contribution in [1.82, 2.24) is 0 Å². The van der Waals surface area contributed by atoms with E-state index in [4.69, 9.17) is 17.7 Å². The summed E-state index contributed by atoms with van der Waals surface area (Å²) >= 11 is 0. The zero-order valence-electron chi connectivity index (χ0n) is 29.4. The van der Waals surface area contributed by atoms with Crippen molar-refractivity contribution in [2.75, 3.05) is 0 Å². The lowest BCUT2D eigenvalue weighted by Crippen LogP contribution is -2.61. The Labute approximate surface area is 273 Å². The minimum atomic E-state index is -4.20. The van der Waals surface area contributed by atoms with Gasteiger partial charge in [-0.3, -0.25) is 0 Å². The van der Waals surface area contributed by atoms with Crippen molar-refractivity contribution >= 4 is 9.05 Å². The van der Waals surface area contributed by atoms with Gasteiger partial charge in [-0.25, -0.2) is 0 Å².